The summed E-state index contributed by atoms with van der Waals surface area (Å²) in [7, 11) is 0. The van der Waals surface area contributed by atoms with Crippen LogP contribution in [0.1, 0.15) is 32.6 Å². The van der Waals surface area contributed by atoms with Crippen molar-refractivity contribution in [3.8, 4) is 0 Å². The predicted molar refractivity (Wildman–Crippen MR) is 58.1 cm³/mol. The summed E-state index contributed by atoms with van der Waals surface area (Å²) in [5.74, 6) is -3.54. The largest absolute Gasteiger partial charge is 0.481 e. The van der Waals surface area contributed by atoms with Crippen LogP contribution in [0.2, 0.25) is 0 Å². The zero-order chi connectivity index (χ0) is 12.7. The van der Waals surface area contributed by atoms with Crippen LogP contribution in [0.15, 0.2) is 12.2 Å². The lowest BCUT2D eigenvalue weighted by Crippen LogP contribution is -2.21. The number of rotatable bonds is 8. The maximum absolute atomic E-state index is 10.8. The molecule has 0 aliphatic heterocycles. The zero-order valence-electron chi connectivity index (χ0n) is 9.35. The van der Waals surface area contributed by atoms with E-state index in [-0.39, 0.29) is 12.0 Å². The van der Waals surface area contributed by atoms with Gasteiger partial charge in [0.1, 0.15) is 0 Å². The third-order valence-corrected chi connectivity index (χ3v) is 2.49. The first-order chi connectivity index (χ1) is 7.40. The molecule has 0 bridgehead atoms. The highest BCUT2D eigenvalue weighted by atomic mass is 16.4. The molecule has 5 heteroatoms. The van der Waals surface area contributed by atoms with Crippen LogP contribution in [0, 0.1) is 5.92 Å². The molecule has 3 N–H and O–H groups in total. The fraction of sp³-hybridized carbons (Fsp3) is 0.636. The van der Waals surface area contributed by atoms with Gasteiger partial charge in [-0.15, -0.1) is 0 Å². The van der Waals surface area contributed by atoms with Crippen LogP contribution in [-0.2, 0) is 9.59 Å². The second-order valence-electron chi connectivity index (χ2n) is 3.71. The van der Waals surface area contributed by atoms with Crippen molar-refractivity contribution < 1.29 is 24.9 Å². The Morgan fingerprint density at radius 1 is 1.25 bits per heavy atom. The van der Waals surface area contributed by atoms with Gasteiger partial charge >= 0.3 is 11.9 Å². The summed E-state index contributed by atoms with van der Waals surface area (Å²) in [5.41, 5.74) is -0.307. The number of carboxylic acids is 2. The van der Waals surface area contributed by atoms with Crippen molar-refractivity contribution in [1.82, 2.24) is 0 Å². The van der Waals surface area contributed by atoms with Crippen LogP contribution >= 0.6 is 0 Å². The summed E-state index contributed by atoms with van der Waals surface area (Å²) < 4.78 is 0. The Morgan fingerprint density at radius 3 is 2.19 bits per heavy atom. The molecular weight excluding hydrogens is 212 g/mol. The third-order valence-electron chi connectivity index (χ3n) is 2.49. The molecule has 0 radical (unpaired) electrons. The summed E-state index contributed by atoms with van der Waals surface area (Å²) in [6, 6.07) is 0. The van der Waals surface area contributed by atoms with E-state index in [1.807, 2.05) is 6.92 Å². The van der Waals surface area contributed by atoms with Crippen molar-refractivity contribution in [1.29, 1.82) is 0 Å². The van der Waals surface area contributed by atoms with Crippen molar-refractivity contribution in [2.24, 2.45) is 5.92 Å². The maximum Gasteiger partial charge on any atom is 0.331 e. The molecule has 0 rings (SSSR count). The van der Waals surface area contributed by atoms with Crippen LogP contribution in [0.3, 0.4) is 0 Å². The summed E-state index contributed by atoms with van der Waals surface area (Å²) >= 11 is 0. The minimum Gasteiger partial charge on any atom is -0.481 e. The Labute approximate surface area is 94.4 Å². The molecule has 0 amide bonds. The van der Waals surface area contributed by atoms with E-state index in [1.165, 1.54) is 0 Å². The molecule has 0 aliphatic carbocycles. The zero-order valence-corrected chi connectivity index (χ0v) is 9.35. The van der Waals surface area contributed by atoms with Crippen molar-refractivity contribution in [2.45, 2.75) is 38.7 Å². The third kappa shape index (κ3) is 4.93. The molecule has 0 aromatic heterocycles. The molecule has 92 valence electrons. The Morgan fingerprint density at radius 2 is 1.81 bits per heavy atom. The van der Waals surface area contributed by atoms with Crippen molar-refractivity contribution in [3.63, 3.8) is 0 Å². The molecule has 5 nitrogen and oxygen atoms in total. The molecule has 0 saturated carbocycles. The lowest BCUT2D eigenvalue weighted by molar-refractivity contribution is -0.144. The van der Waals surface area contributed by atoms with Gasteiger partial charge < -0.3 is 15.3 Å². The van der Waals surface area contributed by atoms with Crippen LogP contribution in [-0.4, -0.2) is 33.4 Å². The van der Waals surface area contributed by atoms with Crippen molar-refractivity contribution in [3.05, 3.63) is 12.2 Å². The topological polar surface area (TPSA) is 94.8 Å². The fourth-order valence-electron chi connectivity index (χ4n) is 1.36. The molecule has 0 aliphatic rings. The average Bonchev–Trinajstić information content (AvgIpc) is 2.22. The molecule has 0 heterocycles. The lowest BCUT2D eigenvalue weighted by Gasteiger charge is -2.13. The molecule has 0 spiro atoms. The van der Waals surface area contributed by atoms with Gasteiger partial charge in [0.15, 0.2) is 0 Å². The van der Waals surface area contributed by atoms with Gasteiger partial charge in [0, 0.05) is 5.57 Å². The number of hydrogen-bond acceptors (Lipinski definition) is 3. The Hall–Kier alpha value is -1.36. The van der Waals surface area contributed by atoms with Gasteiger partial charge in [-0.1, -0.05) is 13.5 Å². The van der Waals surface area contributed by atoms with Crippen LogP contribution < -0.4 is 0 Å². The van der Waals surface area contributed by atoms with E-state index in [9.17, 15) is 14.7 Å². The molecule has 2 atom stereocenters. The van der Waals surface area contributed by atoms with Gasteiger partial charge in [-0.3, -0.25) is 4.79 Å². The van der Waals surface area contributed by atoms with Gasteiger partial charge in [-0.2, -0.15) is 0 Å². The van der Waals surface area contributed by atoms with E-state index in [0.717, 1.165) is 0 Å². The molecule has 16 heavy (non-hydrogen) atoms. The number of aliphatic hydroxyl groups is 1. The van der Waals surface area contributed by atoms with Gasteiger partial charge in [0.25, 0.3) is 0 Å². The van der Waals surface area contributed by atoms with Gasteiger partial charge in [-0.25, -0.2) is 4.79 Å². The highest BCUT2D eigenvalue weighted by molar-refractivity contribution is 5.93. The quantitative estimate of drug-likeness (QED) is 0.546. The minimum absolute atomic E-state index is 0.192. The van der Waals surface area contributed by atoms with Crippen LogP contribution in [0.4, 0.5) is 0 Å². The lowest BCUT2D eigenvalue weighted by atomic mass is 9.93. The van der Waals surface area contributed by atoms with Crippen LogP contribution in [0.25, 0.3) is 0 Å². The highest BCUT2D eigenvalue weighted by Gasteiger charge is 2.25. The minimum atomic E-state index is -1.29. The molecule has 0 aromatic rings. The van der Waals surface area contributed by atoms with E-state index in [2.05, 4.69) is 6.58 Å². The number of hydrogen-bond donors (Lipinski definition) is 3. The number of carboxylic acid groups (broad SMARTS) is 2. The van der Waals surface area contributed by atoms with E-state index in [4.69, 9.17) is 10.2 Å². The smallest absolute Gasteiger partial charge is 0.331 e. The van der Waals surface area contributed by atoms with E-state index in [1.54, 1.807) is 0 Å². The number of carbonyl (C=O) groups is 2. The first-order valence-corrected chi connectivity index (χ1v) is 5.23. The first-order valence-electron chi connectivity index (χ1n) is 5.23. The Kier molecular flexibility index (Phi) is 6.41. The van der Waals surface area contributed by atoms with Gasteiger partial charge in [-0.05, 0) is 25.7 Å². The standard InChI is InChI=1S/C11H18O5/c1-3-8(12)5-4-6-9(11(15)16)7(2)10(13)14/h8-9,12H,2-6H2,1H3,(H,13,14)(H,15,16). The first kappa shape index (κ1) is 14.6. The Bertz CT molecular complexity index is 272. The van der Waals surface area contributed by atoms with E-state index < -0.39 is 24.0 Å². The summed E-state index contributed by atoms with van der Waals surface area (Å²) in [5, 5.41) is 26.7. The van der Waals surface area contributed by atoms with Crippen molar-refractivity contribution >= 4 is 11.9 Å². The Balaban J connectivity index is 4.21. The van der Waals surface area contributed by atoms with E-state index >= 15 is 0 Å². The average molecular weight is 230 g/mol. The molecule has 0 aromatic carbocycles. The summed E-state index contributed by atoms with van der Waals surface area (Å²) in [6.45, 7) is 5.08. The molecule has 2 unspecified atom stereocenters. The summed E-state index contributed by atoms with van der Waals surface area (Å²) in [4.78, 5) is 21.4. The SMILES string of the molecule is C=C(C(=O)O)C(CCCC(O)CC)C(=O)O. The predicted octanol–water partition coefficient (Wildman–Crippen LogP) is 1.27. The second kappa shape index (κ2) is 7.00. The van der Waals surface area contributed by atoms with Gasteiger partial charge in [0.05, 0.1) is 12.0 Å². The molecule has 0 saturated heterocycles. The highest BCUT2D eigenvalue weighted by Crippen LogP contribution is 2.18. The fourth-order valence-corrected chi connectivity index (χ4v) is 1.36. The maximum atomic E-state index is 10.8. The van der Waals surface area contributed by atoms with E-state index in [0.29, 0.717) is 19.3 Å². The molecule has 0 fully saturated rings. The van der Waals surface area contributed by atoms with Crippen LogP contribution in [0.5, 0.6) is 0 Å². The number of aliphatic hydroxyl groups excluding tert-OH is 1. The normalized spacial score (nSPS) is 14.1. The van der Waals surface area contributed by atoms with Gasteiger partial charge in [0.2, 0.25) is 0 Å². The monoisotopic (exact) mass is 230 g/mol. The second-order valence-corrected chi connectivity index (χ2v) is 3.71. The number of aliphatic carboxylic acids is 2. The molecular formula is C11H18O5. The summed E-state index contributed by atoms with van der Waals surface area (Å²) in [6.07, 6.45) is 1.30. The van der Waals surface area contributed by atoms with Crippen molar-refractivity contribution in [2.75, 3.05) is 0 Å².